The molecule has 1 fully saturated rings. The molecule has 2 nitrogen and oxygen atoms in total. The summed E-state index contributed by atoms with van der Waals surface area (Å²) in [5.74, 6) is 0. The fourth-order valence-corrected chi connectivity index (χ4v) is 2.49. The third-order valence-electron chi connectivity index (χ3n) is 3.69. The lowest BCUT2D eigenvalue weighted by Gasteiger charge is -2.17. The van der Waals surface area contributed by atoms with E-state index in [1.165, 1.54) is 36.8 Å². The molecular weight excluding hydrogens is 222 g/mol. The van der Waals surface area contributed by atoms with Gasteiger partial charge in [0, 0.05) is 19.2 Å². The van der Waals surface area contributed by atoms with Crippen LogP contribution in [-0.2, 0) is 11.2 Å². The van der Waals surface area contributed by atoms with E-state index in [-0.39, 0.29) is 0 Å². The molecule has 1 N–H and O–H groups in total. The van der Waals surface area contributed by atoms with Gasteiger partial charge in [0.2, 0.25) is 0 Å². The van der Waals surface area contributed by atoms with Gasteiger partial charge in [-0.25, -0.2) is 0 Å². The summed E-state index contributed by atoms with van der Waals surface area (Å²) in [6.07, 6.45) is 5.23. The Labute approximate surface area is 111 Å². The molecule has 100 valence electrons. The van der Waals surface area contributed by atoms with E-state index in [2.05, 4.69) is 43.4 Å². The summed E-state index contributed by atoms with van der Waals surface area (Å²) in [5.41, 5.74) is 2.81. The molecule has 2 unspecified atom stereocenters. The minimum Gasteiger partial charge on any atom is -0.377 e. The Morgan fingerprint density at radius 3 is 2.72 bits per heavy atom. The molecule has 2 atom stereocenters. The van der Waals surface area contributed by atoms with Crippen molar-refractivity contribution in [2.75, 3.05) is 13.2 Å². The van der Waals surface area contributed by atoms with Gasteiger partial charge in [0.25, 0.3) is 0 Å². The van der Waals surface area contributed by atoms with E-state index in [0.717, 1.165) is 13.2 Å². The summed E-state index contributed by atoms with van der Waals surface area (Å²) >= 11 is 0. The van der Waals surface area contributed by atoms with Crippen molar-refractivity contribution in [3.63, 3.8) is 0 Å². The molecule has 18 heavy (non-hydrogen) atoms. The number of rotatable bonds is 6. The van der Waals surface area contributed by atoms with Crippen LogP contribution >= 0.6 is 0 Å². The van der Waals surface area contributed by atoms with E-state index in [0.29, 0.717) is 12.1 Å². The number of hydrogen-bond acceptors (Lipinski definition) is 2. The first-order valence-electron chi connectivity index (χ1n) is 7.23. The molecule has 2 heteroatoms. The maximum Gasteiger partial charge on any atom is 0.0700 e. The summed E-state index contributed by atoms with van der Waals surface area (Å²) in [7, 11) is 0. The maximum atomic E-state index is 5.63. The van der Waals surface area contributed by atoms with Gasteiger partial charge in [-0.1, -0.05) is 37.6 Å². The van der Waals surface area contributed by atoms with E-state index < -0.39 is 0 Å². The average molecular weight is 247 g/mol. The minimum atomic E-state index is 0.407. The molecule has 0 aromatic heterocycles. The summed E-state index contributed by atoms with van der Waals surface area (Å²) in [6, 6.07) is 9.41. The van der Waals surface area contributed by atoms with Gasteiger partial charge in [-0.2, -0.15) is 0 Å². The summed E-state index contributed by atoms with van der Waals surface area (Å²) < 4.78 is 5.63. The Morgan fingerprint density at radius 1 is 1.33 bits per heavy atom. The van der Waals surface area contributed by atoms with Crippen LogP contribution in [0.4, 0.5) is 0 Å². The maximum absolute atomic E-state index is 5.63. The zero-order valence-electron chi connectivity index (χ0n) is 11.6. The van der Waals surface area contributed by atoms with Crippen molar-refractivity contribution in [2.45, 2.75) is 51.7 Å². The van der Waals surface area contributed by atoms with Crippen LogP contribution in [0.1, 0.15) is 50.3 Å². The lowest BCUT2D eigenvalue weighted by atomic mass is 10.0. The van der Waals surface area contributed by atoms with Crippen molar-refractivity contribution in [3.05, 3.63) is 35.4 Å². The van der Waals surface area contributed by atoms with Crippen LogP contribution in [0.2, 0.25) is 0 Å². The van der Waals surface area contributed by atoms with E-state index in [1.807, 2.05) is 0 Å². The Bertz CT molecular complexity index is 341. The van der Waals surface area contributed by atoms with Crippen LogP contribution in [-0.4, -0.2) is 19.3 Å². The lowest BCUT2D eigenvalue weighted by Crippen LogP contribution is -2.28. The predicted molar refractivity (Wildman–Crippen MR) is 75.8 cm³/mol. The quantitative estimate of drug-likeness (QED) is 0.831. The van der Waals surface area contributed by atoms with E-state index >= 15 is 0 Å². The number of ether oxygens (including phenoxy) is 1. The highest BCUT2D eigenvalue weighted by Crippen LogP contribution is 2.16. The molecule has 1 aliphatic rings. The van der Waals surface area contributed by atoms with Gasteiger partial charge in [0.05, 0.1) is 6.10 Å². The fraction of sp³-hybridized carbons (Fsp3) is 0.625. The van der Waals surface area contributed by atoms with Gasteiger partial charge >= 0.3 is 0 Å². The third kappa shape index (κ3) is 3.82. The Balaban J connectivity index is 1.81. The van der Waals surface area contributed by atoms with Gasteiger partial charge in [0.15, 0.2) is 0 Å². The molecule has 1 aliphatic heterocycles. The molecule has 0 saturated carbocycles. The van der Waals surface area contributed by atoms with Gasteiger partial charge in [-0.3, -0.25) is 0 Å². The predicted octanol–water partition coefficient (Wildman–Crippen LogP) is 3.47. The monoisotopic (exact) mass is 247 g/mol. The molecule has 0 spiro atoms. The van der Waals surface area contributed by atoms with Gasteiger partial charge in [-0.15, -0.1) is 0 Å². The molecule has 0 bridgehead atoms. The summed E-state index contributed by atoms with van der Waals surface area (Å²) in [6.45, 7) is 6.35. The van der Waals surface area contributed by atoms with Gasteiger partial charge < -0.3 is 10.1 Å². The van der Waals surface area contributed by atoms with E-state index in [9.17, 15) is 0 Å². The molecule has 1 aromatic carbocycles. The number of hydrogen-bond donors (Lipinski definition) is 1. The minimum absolute atomic E-state index is 0.407. The van der Waals surface area contributed by atoms with Crippen LogP contribution in [0, 0.1) is 0 Å². The molecule has 1 aromatic rings. The first kappa shape index (κ1) is 13.6. The molecule has 1 heterocycles. The zero-order valence-corrected chi connectivity index (χ0v) is 11.6. The molecule has 0 aliphatic carbocycles. The number of aryl methyl sites for hydroxylation is 1. The number of benzene rings is 1. The first-order valence-corrected chi connectivity index (χ1v) is 7.23. The molecule has 0 radical (unpaired) electrons. The zero-order chi connectivity index (χ0) is 12.8. The van der Waals surface area contributed by atoms with Gasteiger partial charge in [0.1, 0.15) is 0 Å². The highest BCUT2D eigenvalue weighted by molar-refractivity contribution is 5.24. The van der Waals surface area contributed by atoms with Crippen LogP contribution in [0.25, 0.3) is 0 Å². The molecule has 1 saturated heterocycles. The summed E-state index contributed by atoms with van der Waals surface area (Å²) in [5, 5.41) is 3.57. The Morgan fingerprint density at radius 2 is 2.11 bits per heavy atom. The largest absolute Gasteiger partial charge is 0.377 e. The summed E-state index contributed by atoms with van der Waals surface area (Å²) in [4.78, 5) is 0. The number of nitrogens with one attached hydrogen (secondary N) is 1. The van der Waals surface area contributed by atoms with Gasteiger partial charge in [-0.05, 0) is 37.3 Å². The van der Waals surface area contributed by atoms with Crippen molar-refractivity contribution in [2.24, 2.45) is 0 Å². The van der Waals surface area contributed by atoms with Crippen LogP contribution in [0.3, 0.4) is 0 Å². The Hall–Kier alpha value is -0.860. The van der Waals surface area contributed by atoms with Crippen LogP contribution in [0.5, 0.6) is 0 Å². The second-order valence-electron chi connectivity index (χ2n) is 5.26. The van der Waals surface area contributed by atoms with Crippen molar-refractivity contribution >= 4 is 0 Å². The standard InChI is InChI=1S/C16H25NO/c1-3-5-14-7-9-15(10-8-14)13(2)17-12-16-6-4-11-18-16/h7-10,13,16-17H,3-6,11-12H2,1-2H3. The lowest BCUT2D eigenvalue weighted by molar-refractivity contribution is 0.108. The highest BCUT2D eigenvalue weighted by atomic mass is 16.5. The molecular formula is C16H25NO. The van der Waals surface area contributed by atoms with Crippen molar-refractivity contribution in [3.8, 4) is 0 Å². The smallest absolute Gasteiger partial charge is 0.0700 e. The third-order valence-corrected chi connectivity index (χ3v) is 3.69. The molecule has 2 rings (SSSR count). The van der Waals surface area contributed by atoms with Crippen LogP contribution in [0.15, 0.2) is 24.3 Å². The SMILES string of the molecule is CCCc1ccc(C(C)NCC2CCCO2)cc1. The normalized spacial score (nSPS) is 21.1. The second-order valence-corrected chi connectivity index (χ2v) is 5.26. The fourth-order valence-electron chi connectivity index (χ4n) is 2.49. The second kappa shape index (κ2) is 6.91. The van der Waals surface area contributed by atoms with Crippen molar-refractivity contribution < 1.29 is 4.74 Å². The highest BCUT2D eigenvalue weighted by Gasteiger charge is 2.16. The Kier molecular flexibility index (Phi) is 5.21. The first-order chi connectivity index (χ1) is 8.79. The van der Waals surface area contributed by atoms with Crippen molar-refractivity contribution in [1.29, 1.82) is 0 Å². The van der Waals surface area contributed by atoms with E-state index in [1.54, 1.807) is 0 Å². The topological polar surface area (TPSA) is 21.3 Å². The average Bonchev–Trinajstić information content (AvgIpc) is 2.90. The molecule has 0 amide bonds. The van der Waals surface area contributed by atoms with E-state index in [4.69, 9.17) is 4.74 Å². The van der Waals surface area contributed by atoms with Crippen LogP contribution < -0.4 is 5.32 Å². The van der Waals surface area contributed by atoms with Crippen molar-refractivity contribution in [1.82, 2.24) is 5.32 Å².